The first-order valence-corrected chi connectivity index (χ1v) is 6.29. The summed E-state index contributed by atoms with van der Waals surface area (Å²) in [5.41, 5.74) is 6.18. The van der Waals surface area contributed by atoms with Gasteiger partial charge in [0.25, 0.3) is 0 Å². The molecule has 0 aromatic heterocycles. The SMILES string of the molecule is CC(Nc1ccccc1)(C(N)=O)c1ccc(Cl)cc1. The van der Waals surface area contributed by atoms with Crippen molar-refractivity contribution in [3.63, 3.8) is 0 Å². The number of primary amides is 1. The largest absolute Gasteiger partial charge is 0.368 e. The second-order valence-corrected chi connectivity index (χ2v) is 4.92. The van der Waals surface area contributed by atoms with E-state index in [1.54, 1.807) is 31.2 Å². The molecule has 98 valence electrons. The first-order chi connectivity index (χ1) is 9.02. The Morgan fingerprint density at radius 2 is 1.68 bits per heavy atom. The Bertz CT molecular complexity index is 568. The summed E-state index contributed by atoms with van der Waals surface area (Å²) < 4.78 is 0. The Morgan fingerprint density at radius 1 is 1.11 bits per heavy atom. The van der Waals surface area contributed by atoms with Gasteiger partial charge >= 0.3 is 0 Å². The number of para-hydroxylation sites is 1. The zero-order valence-electron chi connectivity index (χ0n) is 10.6. The van der Waals surface area contributed by atoms with Crippen molar-refractivity contribution >= 4 is 23.2 Å². The molecule has 4 heteroatoms. The maximum Gasteiger partial charge on any atom is 0.247 e. The van der Waals surface area contributed by atoms with Crippen molar-refractivity contribution in [3.8, 4) is 0 Å². The van der Waals surface area contributed by atoms with Crippen molar-refractivity contribution in [2.75, 3.05) is 5.32 Å². The Kier molecular flexibility index (Phi) is 3.76. The van der Waals surface area contributed by atoms with Gasteiger partial charge in [-0.1, -0.05) is 41.9 Å². The van der Waals surface area contributed by atoms with Crippen molar-refractivity contribution in [2.24, 2.45) is 5.73 Å². The summed E-state index contributed by atoms with van der Waals surface area (Å²) >= 11 is 5.86. The summed E-state index contributed by atoms with van der Waals surface area (Å²) in [4.78, 5) is 11.8. The molecular formula is C15H15ClN2O. The van der Waals surface area contributed by atoms with Gasteiger partial charge in [-0.3, -0.25) is 4.79 Å². The van der Waals surface area contributed by atoms with Gasteiger partial charge in [-0.15, -0.1) is 0 Å². The van der Waals surface area contributed by atoms with E-state index >= 15 is 0 Å². The summed E-state index contributed by atoms with van der Waals surface area (Å²) in [6.07, 6.45) is 0. The molecule has 2 rings (SSSR count). The highest BCUT2D eigenvalue weighted by Gasteiger charge is 2.33. The molecule has 3 nitrogen and oxygen atoms in total. The van der Waals surface area contributed by atoms with E-state index in [1.807, 2.05) is 30.3 Å². The fraction of sp³-hybridized carbons (Fsp3) is 0.133. The number of amides is 1. The van der Waals surface area contributed by atoms with Crippen LogP contribution in [-0.2, 0) is 10.3 Å². The predicted octanol–water partition coefficient (Wildman–Crippen LogP) is 3.15. The van der Waals surface area contributed by atoms with Crippen molar-refractivity contribution in [1.29, 1.82) is 0 Å². The van der Waals surface area contributed by atoms with Crippen LogP contribution in [0.15, 0.2) is 54.6 Å². The van der Waals surface area contributed by atoms with Crippen molar-refractivity contribution in [2.45, 2.75) is 12.5 Å². The number of nitrogens with one attached hydrogen (secondary N) is 1. The van der Waals surface area contributed by atoms with Crippen LogP contribution in [0, 0.1) is 0 Å². The molecule has 0 bridgehead atoms. The molecule has 0 radical (unpaired) electrons. The van der Waals surface area contributed by atoms with E-state index in [9.17, 15) is 4.79 Å². The quantitative estimate of drug-likeness (QED) is 0.900. The summed E-state index contributed by atoms with van der Waals surface area (Å²) in [6, 6.07) is 16.5. The van der Waals surface area contributed by atoms with Crippen LogP contribution >= 0.6 is 11.6 Å². The highest BCUT2D eigenvalue weighted by molar-refractivity contribution is 6.30. The van der Waals surface area contributed by atoms with Gasteiger partial charge in [0.1, 0.15) is 5.54 Å². The van der Waals surface area contributed by atoms with Crippen LogP contribution in [0.3, 0.4) is 0 Å². The van der Waals surface area contributed by atoms with E-state index < -0.39 is 11.4 Å². The predicted molar refractivity (Wildman–Crippen MR) is 78.1 cm³/mol. The van der Waals surface area contributed by atoms with Crippen molar-refractivity contribution < 1.29 is 4.79 Å². The average molecular weight is 275 g/mol. The molecule has 0 heterocycles. The van der Waals surface area contributed by atoms with Crippen LogP contribution in [-0.4, -0.2) is 5.91 Å². The molecule has 0 spiro atoms. The second kappa shape index (κ2) is 5.33. The third-order valence-electron chi connectivity index (χ3n) is 3.08. The first-order valence-electron chi connectivity index (χ1n) is 5.91. The molecular weight excluding hydrogens is 260 g/mol. The fourth-order valence-electron chi connectivity index (χ4n) is 1.87. The van der Waals surface area contributed by atoms with Crippen LogP contribution in [0.25, 0.3) is 0 Å². The van der Waals surface area contributed by atoms with E-state index in [0.717, 1.165) is 11.3 Å². The van der Waals surface area contributed by atoms with Crippen LogP contribution in [0.1, 0.15) is 12.5 Å². The topological polar surface area (TPSA) is 55.1 Å². The summed E-state index contributed by atoms with van der Waals surface area (Å²) in [5.74, 6) is -0.446. The molecule has 0 fully saturated rings. The van der Waals surface area contributed by atoms with Crippen LogP contribution in [0.4, 0.5) is 5.69 Å². The Balaban J connectivity index is 2.38. The molecule has 1 amide bonds. The lowest BCUT2D eigenvalue weighted by Crippen LogP contribution is -2.45. The number of hydrogen-bond donors (Lipinski definition) is 2. The maximum atomic E-state index is 11.8. The monoisotopic (exact) mass is 274 g/mol. The molecule has 19 heavy (non-hydrogen) atoms. The third kappa shape index (κ3) is 2.88. The average Bonchev–Trinajstić information content (AvgIpc) is 2.40. The smallest absolute Gasteiger partial charge is 0.247 e. The molecule has 0 aliphatic rings. The van der Waals surface area contributed by atoms with E-state index in [4.69, 9.17) is 17.3 Å². The molecule has 1 unspecified atom stereocenters. The van der Waals surface area contributed by atoms with Crippen molar-refractivity contribution in [3.05, 3.63) is 65.2 Å². The summed E-state index contributed by atoms with van der Waals surface area (Å²) in [6.45, 7) is 1.76. The lowest BCUT2D eigenvalue weighted by atomic mass is 9.91. The van der Waals surface area contributed by atoms with Gasteiger partial charge in [0.2, 0.25) is 5.91 Å². The molecule has 0 aliphatic carbocycles. The maximum absolute atomic E-state index is 11.8. The number of halogens is 1. The van der Waals surface area contributed by atoms with Gasteiger partial charge < -0.3 is 11.1 Å². The van der Waals surface area contributed by atoms with Crippen LogP contribution < -0.4 is 11.1 Å². The van der Waals surface area contributed by atoms with E-state index in [0.29, 0.717) is 5.02 Å². The number of hydrogen-bond acceptors (Lipinski definition) is 2. The summed E-state index contributed by atoms with van der Waals surface area (Å²) in [7, 11) is 0. The molecule has 0 aliphatic heterocycles. The first kappa shape index (κ1) is 13.4. The second-order valence-electron chi connectivity index (χ2n) is 4.49. The van der Waals surface area contributed by atoms with E-state index in [1.165, 1.54) is 0 Å². The lowest BCUT2D eigenvalue weighted by molar-refractivity contribution is -0.122. The minimum atomic E-state index is -0.980. The van der Waals surface area contributed by atoms with Gasteiger partial charge in [-0.05, 0) is 36.8 Å². The molecule has 0 saturated heterocycles. The minimum Gasteiger partial charge on any atom is -0.368 e. The molecule has 3 N–H and O–H groups in total. The summed E-state index contributed by atoms with van der Waals surface area (Å²) in [5, 5.41) is 3.79. The number of nitrogens with two attached hydrogens (primary N) is 1. The normalized spacial score (nSPS) is 13.6. The van der Waals surface area contributed by atoms with Crippen LogP contribution in [0.5, 0.6) is 0 Å². The third-order valence-corrected chi connectivity index (χ3v) is 3.33. The molecule has 2 aromatic rings. The number of carbonyl (C=O) groups excluding carboxylic acids is 1. The fourth-order valence-corrected chi connectivity index (χ4v) is 2.00. The van der Waals surface area contributed by atoms with E-state index in [-0.39, 0.29) is 0 Å². The minimum absolute atomic E-state index is 0.446. The highest BCUT2D eigenvalue weighted by atomic mass is 35.5. The zero-order chi connectivity index (χ0) is 13.9. The van der Waals surface area contributed by atoms with Gasteiger partial charge in [0, 0.05) is 10.7 Å². The standard InChI is InChI=1S/C15H15ClN2O/c1-15(14(17)19,11-7-9-12(16)10-8-11)18-13-5-3-2-4-6-13/h2-10,18H,1H3,(H2,17,19). The molecule has 2 aromatic carbocycles. The van der Waals surface area contributed by atoms with Crippen LogP contribution in [0.2, 0.25) is 5.02 Å². The molecule has 0 saturated carbocycles. The molecule has 1 atom stereocenters. The van der Waals surface area contributed by atoms with Gasteiger partial charge in [0.15, 0.2) is 0 Å². The number of anilines is 1. The van der Waals surface area contributed by atoms with Crippen molar-refractivity contribution in [1.82, 2.24) is 0 Å². The zero-order valence-corrected chi connectivity index (χ0v) is 11.3. The highest BCUT2D eigenvalue weighted by Crippen LogP contribution is 2.27. The van der Waals surface area contributed by atoms with E-state index in [2.05, 4.69) is 5.32 Å². The Morgan fingerprint density at radius 3 is 2.21 bits per heavy atom. The van der Waals surface area contributed by atoms with Gasteiger partial charge in [-0.25, -0.2) is 0 Å². The Labute approximate surface area is 117 Å². The lowest BCUT2D eigenvalue weighted by Gasteiger charge is -2.29. The Hall–Kier alpha value is -2.00. The number of carbonyl (C=O) groups is 1. The van der Waals surface area contributed by atoms with Gasteiger partial charge in [0.05, 0.1) is 0 Å². The number of benzene rings is 2. The van der Waals surface area contributed by atoms with Gasteiger partial charge in [-0.2, -0.15) is 0 Å². The number of rotatable bonds is 4.